The second-order valence-corrected chi connectivity index (χ2v) is 5.58. The number of thiazole rings is 2. The highest BCUT2D eigenvalue weighted by Crippen LogP contribution is 2.22. The Morgan fingerprint density at radius 1 is 1.25 bits per heavy atom. The molecule has 0 bridgehead atoms. The van der Waals surface area contributed by atoms with Crippen molar-refractivity contribution in [2.45, 2.75) is 0 Å². The average molecular weight is 305 g/mol. The third kappa shape index (κ3) is 2.38. The van der Waals surface area contributed by atoms with E-state index >= 15 is 0 Å². The first kappa shape index (κ1) is 12.7. The van der Waals surface area contributed by atoms with Crippen LogP contribution in [0.1, 0.15) is 20.3 Å². The van der Waals surface area contributed by atoms with Gasteiger partial charge in [0, 0.05) is 11.1 Å². The van der Waals surface area contributed by atoms with Crippen LogP contribution in [0.3, 0.4) is 0 Å². The van der Waals surface area contributed by atoms with Gasteiger partial charge in [0.1, 0.15) is 0 Å². The molecule has 100 valence electrons. The van der Waals surface area contributed by atoms with Gasteiger partial charge in [-0.1, -0.05) is 0 Å². The number of amides is 1. The van der Waals surface area contributed by atoms with E-state index in [1.807, 2.05) is 12.1 Å². The van der Waals surface area contributed by atoms with Gasteiger partial charge in [-0.05, 0) is 18.2 Å². The molecule has 0 radical (unpaired) electrons. The van der Waals surface area contributed by atoms with E-state index in [-0.39, 0.29) is 10.7 Å². The molecule has 0 aliphatic rings. The molecule has 1 aromatic carbocycles. The van der Waals surface area contributed by atoms with Gasteiger partial charge in [-0.15, -0.1) is 22.7 Å². The van der Waals surface area contributed by atoms with E-state index in [1.165, 1.54) is 16.7 Å². The van der Waals surface area contributed by atoms with Crippen LogP contribution in [0, 0.1) is 0 Å². The SMILES string of the molecule is O=C(O)c1csc(C(=O)Nc2ccc3ncsc3c2)n1. The van der Waals surface area contributed by atoms with Crippen LogP contribution in [-0.4, -0.2) is 27.0 Å². The molecule has 3 rings (SSSR count). The summed E-state index contributed by atoms with van der Waals surface area (Å²) in [5.41, 5.74) is 3.10. The van der Waals surface area contributed by atoms with Crippen molar-refractivity contribution in [3.05, 3.63) is 39.8 Å². The van der Waals surface area contributed by atoms with Crippen LogP contribution in [0.2, 0.25) is 0 Å². The molecule has 20 heavy (non-hydrogen) atoms. The number of anilines is 1. The van der Waals surface area contributed by atoms with Crippen molar-refractivity contribution in [3.8, 4) is 0 Å². The van der Waals surface area contributed by atoms with Crippen molar-refractivity contribution in [2.24, 2.45) is 0 Å². The molecule has 3 aromatic rings. The lowest BCUT2D eigenvalue weighted by Gasteiger charge is -2.02. The lowest BCUT2D eigenvalue weighted by molar-refractivity contribution is 0.0691. The Morgan fingerprint density at radius 2 is 2.10 bits per heavy atom. The molecule has 2 aromatic heterocycles. The molecule has 0 fully saturated rings. The van der Waals surface area contributed by atoms with Crippen molar-refractivity contribution in [1.29, 1.82) is 0 Å². The van der Waals surface area contributed by atoms with Crippen molar-refractivity contribution < 1.29 is 14.7 Å². The number of carbonyl (C=O) groups excluding carboxylic acids is 1. The summed E-state index contributed by atoms with van der Waals surface area (Å²) in [4.78, 5) is 30.6. The third-order valence-electron chi connectivity index (χ3n) is 2.51. The lowest BCUT2D eigenvalue weighted by atomic mass is 10.3. The zero-order valence-corrected chi connectivity index (χ0v) is 11.5. The van der Waals surface area contributed by atoms with Crippen LogP contribution in [0.5, 0.6) is 0 Å². The maximum atomic E-state index is 12.0. The average Bonchev–Trinajstić information content (AvgIpc) is 3.07. The summed E-state index contributed by atoms with van der Waals surface area (Å²) in [6.45, 7) is 0. The highest BCUT2D eigenvalue weighted by atomic mass is 32.1. The molecule has 0 atom stereocenters. The van der Waals surface area contributed by atoms with Gasteiger partial charge in [0.25, 0.3) is 5.91 Å². The number of fused-ring (bicyclic) bond motifs is 1. The van der Waals surface area contributed by atoms with Crippen molar-refractivity contribution >= 4 is 50.5 Å². The predicted octanol–water partition coefficient (Wildman–Crippen LogP) is 2.70. The molecular formula is C12H7N3O3S2. The van der Waals surface area contributed by atoms with E-state index in [9.17, 15) is 9.59 Å². The monoisotopic (exact) mass is 305 g/mol. The Bertz CT molecular complexity index is 809. The number of carboxylic acids is 1. The Balaban J connectivity index is 1.82. The van der Waals surface area contributed by atoms with E-state index in [0.29, 0.717) is 5.69 Å². The number of hydrogen-bond donors (Lipinski definition) is 2. The number of rotatable bonds is 3. The summed E-state index contributed by atoms with van der Waals surface area (Å²) >= 11 is 2.48. The van der Waals surface area contributed by atoms with Gasteiger partial charge in [-0.2, -0.15) is 0 Å². The Kier molecular flexibility index (Phi) is 3.17. The van der Waals surface area contributed by atoms with Gasteiger partial charge < -0.3 is 10.4 Å². The smallest absolute Gasteiger partial charge is 0.355 e. The molecule has 2 heterocycles. The van der Waals surface area contributed by atoms with Gasteiger partial charge in [0.05, 0.1) is 15.7 Å². The van der Waals surface area contributed by atoms with Crippen LogP contribution < -0.4 is 5.32 Å². The minimum Gasteiger partial charge on any atom is -0.476 e. The number of carbonyl (C=O) groups is 2. The first-order valence-electron chi connectivity index (χ1n) is 5.47. The van der Waals surface area contributed by atoms with Crippen molar-refractivity contribution in [3.63, 3.8) is 0 Å². The zero-order chi connectivity index (χ0) is 14.1. The molecule has 0 unspecified atom stereocenters. The third-order valence-corrected chi connectivity index (χ3v) is 4.14. The molecule has 0 saturated carbocycles. The summed E-state index contributed by atoms with van der Waals surface area (Å²) in [6.07, 6.45) is 0. The highest BCUT2D eigenvalue weighted by Gasteiger charge is 2.15. The van der Waals surface area contributed by atoms with Gasteiger partial charge in [-0.3, -0.25) is 4.79 Å². The molecule has 6 nitrogen and oxygen atoms in total. The van der Waals surface area contributed by atoms with Gasteiger partial charge in [-0.25, -0.2) is 14.8 Å². The molecule has 0 spiro atoms. The van der Waals surface area contributed by atoms with Crippen LogP contribution in [0.25, 0.3) is 10.2 Å². The van der Waals surface area contributed by atoms with Crippen LogP contribution in [0.4, 0.5) is 5.69 Å². The maximum absolute atomic E-state index is 12.0. The normalized spacial score (nSPS) is 10.6. The molecule has 0 saturated heterocycles. The number of nitrogens with one attached hydrogen (secondary N) is 1. The van der Waals surface area contributed by atoms with Gasteiger partial charge in [0.15, 0.2) is 10.7 Å². The molecular weight excluding hydrogens is 298 g/mol. The van der Waals surface area contributed by atoms with E-state index in [0.717, 1.165) is 21.6 Å². The quantitative estimate of drug-likeness (QED) is 0.776. The minimum absolute atomic E-state index is 0.117. The first-order valence-corrected chi connectivity index (χ1v) is 7.23. The molecule has 2 N–H and O–H groups in total. The summed E-state index contributed by atoms with van der Waals surface area (Å²) in [7, 11) is 0. The number of hydrogen-bond acceptors (Lipinski definition) is 6. The number of aromatic nitrogens is 2. The molecule has 1 amide bonds. The van der Waals surface area contributed by atoms with E-state index in [2.05, 4.69) is 15.3 Å². The predicted molar refractivity (Wildman–Crippen MR) is 76.6 cm³/mol. The first-order chi connectivity index (χ1) is 9.63. The summed E-state index contributed by atoms with van der Waals surface area (Å²) in [6, 6.07) is 5.37. The Labute approximate surface area is 120 Å². The zero-order valence-electron chi connectivity index (χ0n) is 9.86. The summed E-state index contributed by atoms with van der Waals surface area (Å²) in [5, 5.41) is 12.9. The largest absolute Gasteiger partial charge is 0.476 e. The fraction of sp³-hybridized carbons (Fsp3) is 0. The molecule has 0 aliphatic carbocycles. The topological polar surface area (TPSA) is 92.2 Å². The van der Waals surface area contributed by atoms with Gasteiger partial charge >= 0.3 is 5.97 Å². The maximum Gasteiger partial charge on any atom is 0.355 e. The van der Waals surface area contributed by atoms with Crippen molar-refractivity contribution in [2.75, 3.05) is 5.32 Å². The van der Waals surface area contributed by atoms with Crippen LogP contribution >= 0.6 is 22.7 Å². The summed E-state index contributed by atoms with van der Waals surface area (Å²) < 4.78 is 0.966. The van der Waals surface area contributed by atoms with E-state index in [4.69, 9.17) is 5.11 Å². The summed E-state index contributed by atoms with van der Waals surface area (Å²) in [5.74, 6) is -1.57. The lowest BCUT2D eigenvalue weighted by Crippen LogP contribution is -2.12. The van der Waals surface area contributed by atoms with Crippen LogP contribution in [-0.2, 0) is 0 Å². The molecule has 8 heteroatoms. The number of aromatic carboxylic acids is 1. The fourth-order valence-corrected chi connectivity index (χ4v) is 3.00. The molecule has 0 aliphatic heterocycles. The fourth-order valence-electron chi connectivity index (χ4n) is 1.59. The number of nitrogens with zero attached hydrogens (tertiary/aromatic N) is 2. The van der Waals surface area contributed by atoms with E-state index < -0.39 is 11.9 Å². The van der Waals surface area contributed by atoms with Crippen molar-refractivity contribution in [1.82, 2.24) is 9.97 Å². The Hall–Kier alpha value is -2.32. The number of benzene rings is 1. The van der Waals surface area contributed by atoms with Crippen LogP contribution in [0.15, 0.2) is 29.1 Å². The minimum atomic E-state index is -1.15. The second-order valence-electron chi connectivity index (χ2n) is 3.83. The Morgan fingerprint density at radius 3 is 2.85 bits per heavy atom. The second kappa shape index (κ2) is 4.99. The standard InChI is InChI=1S/C12H7N3O3S2/c16-10(11-15-8(4-19-11)12(17)18)14-6-1-2-7-9(3-6)20-5-13-7/h1-5H,(H,14,16)(H,17,18). The number of carboxylic acid groups (broad SMARTS) is 1. The highest BCUT2D eigenvalue weighted by molar-refractivity contribution is 7.16. The van der Waals surface area contributed by atoms with Gasteiger partial charge in [0.2, 0.25) is 0 Å². The van der Waals surface area contributed by atoms with E-state index in [1.54, 1.807) is 11.6 Å².